The van der Waals surface area contributed by atoms with E-state index in [1.54, 1.807) is 0 Å². The first kappa shape index (κ1) is 77.9. The van der Waals surface area contributed by atoms with E-state index in [1.807, 2.05) is 0 Å². The van der Waals surface area contributed by atoms with Crippen molar-refractivity contribution >= 4 is 17.9 Å². The Hall–Kier alpha value is -3.15. The van der Waals surface area contributed by atoms with Gasteiger partial charge < -0.3 is 14.2 Å². The fraction of sp³-hybridized carbons (Fsp3) is 0.800. The highest BCUT2D eigenvalue weighted by Crippen LogP contribution is 2.18. The molecule has 1 atom stereocenters. The molecule has 0 aromatic heterocycles. The quantitative estimate of drug-likeness (QED) is 0.0261. The molecule has 0 rings (SSSR count). The molecule has 0 heterocycles. The van der Waals surface area contributed by atoms with Gasteiger partial charge in [0.2, 0.25) is 0 Å². The first-order chi connectivity index (χ1) is 40.0. The van der Waals surface area contributed by atoms with Gasteiger partial charge in [-0.25, -0.2) is 0 Å². The van der Waals surface area contributed by atoms with Crippen LogP contribution in [0.15, 0.2) is 72.9 Å². The molecule has 0 saturated carbocycles. The van der Waals surface area contributed by atoms with Crippen LogP contribution in [0.3, 0.4) is 0 Å². The molecular weight excluding hydrogens is 997 g/mol. The van der Waals surface area contributed by atoms with Crippen molar-refractivity contribution in [3.8, 4) is 0 Å². The lowest BCUT2D eigenvalue weighted by molar-refractivity contribution is -0.167. The lowest BCUT2D eigenvalue weighted by Gasteiger charge is -2.18. The van der Waals surface area contributed by atoms with Crippen molar-refractivity contribution in [2.24, 2.45) is 0 Å². The number of esters is 3. The predicted octanol–water partition coefficient (Wildman–Crippen LogP) is 24.4. The van der Waals surface area contributed by atoms with E-state index in [0.717, 1.165) is 96.3 Å². The van der Waals surface area contributed by atoms with Gasteiger partial charge in [0.15, 0.2) is 6.10 Å². The molecule has 6 heteroatoms. The summed E-state index contributed by atoms with van der Waals surface area (Å²) in [5.41, 5.74) is 0. The molecule has 0 spiro atoms. The molecule has 6 nitrogen and oxygen atoms in total. The Kier molecular flexibility index (Phi) is 66.6. The third-order valence-electron chi connectivity index (χ3n) is 15.7. The maximum absolute atomic E-state index is 12.9. The molecule has 0 saturated heterocycles. The number of allylic oxidation sites excluding steroid dienone is 12. The second-order valence-corrected chi connectivity index (χ2v) is 23.8. The molecule has 0 aliphatic carbocycles. The number of rotatable bonds is 65. The second kappa shape index (κ2) is 69.3. The maximum Gasteiger partial charge on any atom is 0.306 e. The lowest BCUT2D eigenvalue weighted by atomic mass is 10.0. The van der Waals surface area contributed by atoms with E-state index < -0.39 is 6.10 Å². The highest BCUT2D eigenvalue weighted by atomic mass is 16.6. The predicted molar refractivity (Wildman–Crippen MR) is 353 cm³/mol. The van der Waals surface area contributed by atoms with Crippen LogP contribution in [0, 0.1) is 0 Å². The van der Waals surface area contributed by atoms with E-state index in [1.165, 1.54) is 231 Å². The van der Waals surface area contributed by atoms with Crippen LogP contribution < -0.4 is 0 Å². The summed E-state index contributed by atoms with van der Waals surface area (Å²) in [7, 11) is 0. The summed E-state index contributed by atoms with van der Waals surface area (Å²) < 4.78 is 16.9. The topological polar surface area (TPSA) is 78.9 Å². The van der Waals surface area contributed by atoms with Crippen LogP contribution >= 0.6 is 0 Å². The minimum Gasteiger partial charge on any atom is -0.462 e. The maximum atomic E-state index is 12.9. The van der Waals surface area contributed by atoms with Gasteiger partial charge in [-0.05, 0) is 89.9 Å². The SMILES string of the molecule is CC/C=C\C/C=C\C/C=C\C/C=C\C/C=C\CCCCCCCCCC(=O)OC(COC(=O)CCCCCCCCC)COC(=O)CCCCCCCCCCCCCCCCCCCCCCC/C=C\CCCCCCCCCC. The summed E-state index contributed by atoms with van der Waals surface area (Å²) in [4.78, 5) is 38.2. The van der Waals surface area contributed by atoms with Crippen LogP contribution in [0.25, 0.3) is 0 Å². The molecule has 1 unspecified atom stereocenters. The van der Waals surface area contributed by atoms with Gasteiger partial charge in [0.05, 0.1) is 0 Å². The fourth-order valence-electron chi connectivity index (χ4n) is 10.4. The van der Waals surface area contributed by atoms with Gasteiger partial charge in [-0.3, -0.25) is 14.4 Å². The highest BCUT2D eigenvalue weighted by Gasteiger charge is 2.19. The zero-order valence-corrected chi connectivity index (χ0v) is 54.1. The fourth-order valence-corrected chi connectivity index (χ4v) is 10.4. The molecule has 0 radical (unpaired) electrons. The standard InChI is InChI=1S/C75H134O6/c1-4-7-10-13-16-18-20-22-24-26-28-30-32-33-34-35-36-37-38-39-40-41-43-44-46-48-50-52-54-56-59-62-65-68-74(77)80-71-72(70-79-73(76)67-64-61-58-15-12-9-6-3)81-75(78)69-66-63-60-57-55-53-51-49-47-45-42-31-29-27-25-23-21-19-17-14-11-8-5-2/h8,11,17,19,23,25-26,28-29,31,45,47,72H,4-7,9-10,12-16,18,20-22,24,27,30,32-44,46,48-71H2,1-3H3/b11-8-,19-17-,25-23-,28-26-,31-29-,47-45-. The van der Waals surface area contributed by atoms with E-state index in [4.69, 9.17) is 14.2 Å². The van der Waals surface area contributed by atoms with Crippen molar-refractivity contribution in [2.45, 2.75) is 374 Å². The molecule has 470 valence electrons. The number of hydrogen-bond acceptors (Lipinski definition) is 6. The molecule has 0 bridgehead atoms. The third kappa shape index (κ3) is 67.5. The van der Waals surface area contributed by atoms with Gasteiger partial charge in [0.25, 0.3) is 0 Å². The first-order valence-corrected chi connectivity index (χ1v) is 35.4. The number of ether oxygens (including phenoxy) is 3. The van der Waals surface area contributed by atoms with E-state index >= 15 is 0 Å². The summed E-state index contributed by atoms with van der Waals surface area (Å²) in [6.07, 6.45) is 91.2. The van der Waals surface area contributed by atoms with Crippen LogP contribution in [0.5, 0.6) is 0 Å². The van der Waals surface area contributed by atoms with Crippen molar-refractivity contribution in [3.63, 3.8) is 0 Å². The average molecular weight is 1130 g/mol. The van der Waals surface area contributed by atoms with Crippen molar-refractivity contribution in [1.82, 2.24) is 0 Å². The Morgan fingerprint density at radius 2 is 0.481 bits per heavy atom. The molecule has 0 aliphatic heterocycles. The van der Waals surface area contributed by atoms with Gasteiger partial charge in [0, 0.05) is 19.3 Å². The van der Waals surface area contributed by atoms with Crippen LogP contribution in [-0.2, 0) is 28.6 Å². The second-order valence-electron chi connectivity index (χ2n) is 23.8. The molecule has 0 aromatic rings. The van der Waals surface area contributed by atoms with Gasteiger partial charge in [0.1, 0.15) is 13.2 Å². The van der Waals surface area contributed by atoms with Crippen molar-refractivity contribution < 1.29 is 28.6 Å². The highest BCUT2D eigenvalue weighted by molar-refractivity contribution is 5.71. The molecule has 0 fully saturated rings. The van der Waals surface area contributed by atoms with Crippen LogP contribution in [-0.4, -0.2) is 37.2 Å². The van der Waals surface area contributed by atoms with E-state index in [0.29, 0.717) is 19.3 Å². The molecule has 0 N–H and O–H groups in total. The van der Waals surface area contributed by atoms with Gasteiger partial charge in [-0.1, -0.05) is 331 Å². The van der Waals surface area contributed by atoms with Crippen molar-refractivity contribution in [2.75, 3.05) is 13.2 Å². The molecule has 0 aliphatic rings. The minimum absolute atomic E-state index is 0.0762. The van der Waals surface area contributed by atoms with Gasteiger partial charge in [-0.15, -0.1) is 0 Å². The van der Waals surface area contributed by atoms with Gasteiger partial charge >= 0.3 is 17.9 Å². The Morgan fingerprint density at radius 3 is 0.765 bits per heavy atom. The summed E-state index contributed by atoms with van der Waals surface area (Å²) in [5, 5.41) is 0. The number of unbranched alkanes of at least 4 members (excludes halogenated alkanes) is 42. The van der Waals surface area contributed by atoms with Crippen molar-refractivity contribution in [1.29, 1.82) is 0 Å². The summed E-state index contributed by atoms with van der Waals surface area (Å²) in [6.45, 7) is 6.52. The monoisotopic (exact) mass is 1130 g/mol. The van der Waals surface area contributed by atoms with E-state index in [2.05, 4.69) is 93.7 Å². The smallest absolute Gasteiger partial charge is 0.306 e. The average Bonchev–Trinajstić information content (AvgIpc) is 3.46. The molecule has 0 amide bonds. The molecular formula is C75H134O6. The number of carbonyl (C=O) groups excluding carboxylic acids is 3. The van der Waals surface area contributed by atoms with E-state index in [9.17, 15) is 14.4 Å². The molecule has 0 aromatic carbocycles. The Morgan fingerprint density at radius 1 is 0.259 bits per heavy atom. The summed E-state index contributed by atoms with van der Waals surface area (Å²) in [5.74, 6) is -0.877. The third-order valence-corrected chi connectivity index (χ3v) is 15.7. The number of hydrogen-bond donors (Lipinski definition) is 0. The lowest BCUT2D eigenvalue weighted by Crippen LogP contribution is -2.30. The Labute approximate surface area is 503 Å². The van der Waals surface area contributed by atoms with Crippen LogP contribution in [0.1, 0.15) is 367 Å². The summed E-state index contributed by atoms with van der Waals surface area (Å²) >= 11 is 0. The Balaban J connectivity index is 4.02. The Bertz CT molecular complexity index is 1490. The number of carbonyl (C=O) groups is 3. The van der Waals surface area contributed by atoms with Crippen molar-refractivity contribution in [3.05, 3.63) is 72.9 Å². The summed E-state index contributed by atoms with van der Waals surface area (Å²) in [6, 6.07) is 0. The zero-order chi connectivity index (χ0) is 58.5. The first-order valence-electron chi connectivity index (χ1n) is 35.4. The van der Waals surface area contributed by atoms with Gasteiger partial charge in [-0.2, -0.15) is 0 Å². The van der Waals surface area contributed by atoms with Crippen LogP contribution in [0.2, 0.25) is 0 Å². The normalized spacial score (nSPS) is 12.5. The van der Waals surface area contributed by atoms with E-state index in [-0.39, 0.29) is 31.1 Å². The zero-order valence-electron chi connectivity index (χ0n) is 54.1. The van der Waals surface area contributed by atoms with Crippen LogP contribution in [0.4, 0.5) is 0 Å². The minimum atomic E-state index is -0.779. The molecule has 81 heavy (non-hydrogen) atoms. The largest absolute Gasteiger partial charge is 0.462 e.